The molecule has 0 saturated carbocycles. The van der Waals surface area contributed by atoms with E-state index in [0.29, 0.717) is 0 Å². The Balaban J connectivity index is 1.89. The molecule has 0 fully saturated rings. The molecule has 4 aromatic carbocycles. The largest absolute Gasteiger partial charge is 0.179 e. The van der Waals surface area contributed by atoms with Crippen LogP contribution in [0.2, 0.25) is 0 Å². The quantitative estimate of drug-likeness (QED) is 0.221. The Bertz CT molecular complexity index is 1250. The van der Waals surface area contributed by atoms with E-state index in [4.69, 9.17) is 0 Å². The fraction of sp³-hybridized carbons (Fsp3) is 0.250. The van der Waals surface area contributed by atoms with Crippen LogP contribution in [0.25, 0.3) is 0 Å². The SMILES string of the molecule is CC1(C)CCC(C)(C)c2cc([Si](c3ccccc3)(c3ccccc3)c3ccc(Br)cc3)ccc21. The van der Waals surface area contributed by atoms with Gasteiger partial charge in [-0.15, -0.1) is 0 Å². The molecule has 0 aromatic heterocycles. The number of benzene rings is 4. The smallest absolute Gasteiger partial charge is 0.0623 e. The maximum atomic E-state index is 3.67. The van der Waals surface area contributed by atoms with Crippen molar-refractivity contribution < 1.29 is 0 Å². The predicted molar refractivity (Wildman–Crippen MR) is 153 cm³/mol. The van der Waals surface area contributed by atoms with E-state index >= 15 is 0 Å². The van der Waals surface area contributed by atoms with Gasteiger partial charge in [0, 0.05) is 4.47 Å². The van der Waals surface area contributed by atoms with Crippen molar-refractivity contribution in [2.75, 3.05) is 0 Å². The molecule has 0 heterocycles. The number of hydrogen-bond acceptors (Lipinski definition) is 0. The van der Waals surface area contributed by atoms with Gasteiger partial charge in [0.2, 0.25) is 0 Å². The van der Waals surface area contributed by atoms with Gasteiger partial charge in [-0.2, -0.15) is 0 Å². The van der Waals surface area contributed by atoms with E-state index in [1.165, 1.54) is 44.7 Å². The van der Waals surface area contributed by atoms with Gasteiger partial charge in [0.25, 0.3) is 0 Å². The highest BCUT2D eigenvalue weighted by Crippen LogP contribution is 2.45. The van der Waals surface area contributed by atoms with Gasteiger partial charge in [-0.3, -0.25) is 0 Å². The Morgan fingerprint density at radius 1 is 0.529 bits per heavy atom. The first kappa shape index (κ1) is 23.3. The van der Waals surface area contributed by atoms with Gasteiger partial charge in [0.05, 0.1) is 0 Å². The summed E-state index contributed by atoms with van der Waals surface area (Å²) < 4.78 is 1.12. The summed E-state index contributed by atoms with van der Waals surface area (Å²) in [5.74, 6) is 0. The van der Waals surface area contributed by atoms with E-state index in [2.05, 4.69) is 147 Å². The van der Waals surface area contributed by atoms with Crippen molar-refractivity contribution in [3.8, 4) is 0 Å². The van der Waals surface area contributed by atoms with Gasteiger partial charge in [-0.05, 0) is 67.7 Å². The third-order valence-corrected chi connectivity index (χ3v) is 13.3. The molecule has 172 valence electrons. The second-order valence-corrected chi connectivity index (χ2v) is 15.7. The lowest BCUT2D eigenvalue weighted by atomic mass is 9.63. The first-order valence-corrected chi connectivity index (χ1v) is 15.1. The average molecular weight is 526 g/mol. The van der Waals surface area contributed by atoms with Crippen molar-refractivity contribution in [2.45, 2.75) is 51.4 Å². The number of fused-ring (bicyclic) bond motifs is 1. The summed E-state index contributed by atoms with van der Waals surface area (Å²) in [5.41, 5.74) is 3.44. The molecule has 4 aromatic rings. The fourth-order valence-electron chi connectivity index (χ4n) is 5.90. The molecule has 0 N–H and O–H groups in total. The Hall–Kier alpha value is -2.42. The van der Waals surface area contributed by atoms with Crippen LogP contribution in [0.5, 0.6) is 0 Å². The van der Waals surface area contributed by atoms with Crippen LogP contribution in [0.3, 0.4) is 0 Å². The number of hydrogen-bond donors (Lipinski definition) is 0. The van der Waals surface area contributed by atoms with Gasteiger partial charge in [-0.25, -0.2) is 0 Å². The van der Waals surface area contributed by atoms with Crippen molar-refractivity contribution in [2.24, 2.45) is 0 Å². The van der Waals surface area contributed by atoms with Crippen LogP contribution in [0.4, 0.5) is 0 Å². The van der Waals surface area contributed by atoms with Crippen molar-refractivity contribution >= 4 is 44.8 Å². The minimum atomic E-state index is -2.51. The third-order valence-electron chi connectivity index (χ3n) is 7.98. The summed E-state index contributed by atoms with van der Waals surface area (Å²) in [5, 5.41) is 5.74. The molecule has 0 unspecified atom stereocenters. The molecule has 0 spiro atoms. The number of rotatable bonds is 4. The van der Waals surface area contributed by atoms with Crippen LogP contribution in [0.15, 0.2) is 108 Å². The molecule has 0 saturated heterocycles. The van der Waals surface area contributed by atoms with Crippen molar-refractivity contribution in [1.82, 2.24) is 0 Å². The first-order chi connectivity index (χ1) is 16.2. The van der Waals surface area contributed by atoms with Gasteiger partial charge in [0.1, 0.15) is 0 Å². The Morgan fingerprint density at radius 2 is 0.971 bits per heavy atom. The standard InChI is InChI=1S/C32H33BrSi/c1-31(2)21-22-32(3,4)30-23-28(19-20-29(30)31)34(25-11-7-5-8-12-25,26-13-9-6-10-14-26)27-17-15-24(33)16-18-27/h5-20,23H,21-22H2,1-4H3. The molecule has 0 aliphatic heterocycles. The highest BCUT2D eigenvalue weighted by molar-refractivity contribution is 9.10. The van der Waals surface area contributed by atoms with Gasteiger partial charge in [0.15, 0.2) is 8.07 Å². The molecule has 0 radical (unpaired) electrons. The Morgan fingerprint density at radius 3 is 1.50 bits per heavy atom. The van der Waals surface area contributed by atoms with E-state index in [-0.39, 0.29) is 10.8 Å². The first-order valence-electron chi connectivity index (χ1n) is 12.3. The second-order valence-electron chi connectivity index (χ2n) is 11.0. The summed E-state index contributed by atoms with van der Waals surface area (Å²) in [7, 11) is -2.51. The highest BCUT2D eigenvalue weighted by atomic mass is 79.9. The minimum absolute atomic E-state index is 0.175. The molecular formula is C32H33BrSi. The molecular weight excluding hydrogens is 492 g/mol. The minimum Gasteiger partial charge on any atom is -0.0623 e. The van der Waals surface area contributed by atoms with E-state index in [1.54, 1.807) is 0 Å². The molecule has 0 nitrogen and oxygen atoms in total. The van der Waals surface area contributed by atoms with Crippen molar-refractivity contribution in [1.29, 1.82) is 0 Å². The van der Waals surface area contributed by atoms with Crippen LogP contribution >= 0.6 is 15.9 Å². The summed E-state index contributed by atoms with van der Waals surface area (Å²) in [6.45, 7) is 9.68. The topological polar surface area (TPSA) is 0 Å². The van der Waals surface area contributed by atoms with Crippen LogP contribution in [-0.2, 0) is 10.8 Å². The molecule has 0 atom stereocenters. The fourth-order valence-corrected chi connectivity index (χ4v) is 10.9. The zero-order chi connectivity index (χ0) is 24.0. The lowest BCUT2D eigenvalue weighted by Crippen LogP contribution is -2.74. The molecule has 5 rings (SSSR count). The highest BCUT2D eigenvalue weighted by Gasteiger charge is 2.44. The lowest BCUT2D eigenvalue weighted by molar-refractivity contribution is 0.332. The molecule has 1 aliphatic carbocycles. The average Bonchev–Trinajstić information content (AvgIpc) is 2.85. The summed E-state index contributed by atoms with van der Waals surface area (Å²) in [4.78, 5) is 0. The van der Waals surface area contributed by atoms with Crippen LogP contribution in [0, 0.1) is 0 Å². The third kappa shape index (κ3) is 3.81. The molecule has 2 heteroatoms. The van der Waals surface area contributed by atoms with Crippen LogP contribution in [0.1, 0.15) is 51.7 Å². The van der Waals surface area contributed by atoms with E-state index < -0.39 is 8.07 Å². The lowest BCUT2D eigenvalue weighted by Gasteiger charge is -2.43. The maximum Gasteiger partial charge on any atom is 0.179 e. The Labute approximate surface area is 214 Å². The predicted octanol–water partition coefficient (Wildman–Crippen LogP) is 6.18. The van der Waals surface area contributed by atoms with E-state index in [9.17, 15) is 0 Å². The molecule has 1 aliphatic rings. The number of halogens is 1. The summed E-state index contributed by atoms with van der Waals surface area (Å²) >= 11 is 3.67. The monoisotopic (exact) mass is 524 g/mol. The normalized spacial score (nSPS) is 16.6. The molecule has 0 bridgehead atoms. The second kappa shape index (κ2) is 8.66. The molecule has 34 heavy (non-hydrogen) atoms. The zero-order valence-corrected chi connectivity index (χ0v) is 23.2. The van der Waals surface area contributed by atoms with E-state index in [0.717, 1.165) is 4.47 Å². The van der Waals surface area contributed by atoms with Crippen LogP contribution in [-0.4, -0.2) is 8.07 Å². The molecule has 0 amide bonds. The van der Waals surface area contributed by atoms with Crippen molar-refractivity contribution in [3.05, 3.63) is 119 Å². The van der Waals surface area contributed by atoms with Gasteiger partial charge < -0.3 is 0 Å². The zero-order valence-electron chi connectivity index (χ0n) is 20.6. The van der Waals surface area contributed by atoms with Gasteiger partial charge in [-0.1, -0.05) is 135 Å². The van der Waals surface area contributed by atoms with Gasteiger partial charge >= 0.3 is 0 Å². The van der Waals surface area contributed by atoms with Crippen LogP contribution < -0.4 is 20.7 Å². The maximum absolute atomic E-state index is 3.67. The summed E-state index contributed by atoms with van der Waals surface area (Å²) in [6.07, 6.45) is 2.46. The van der Waals surface area contributed by atoms with Crippen molar-refractivity contribution in [3.63, 3.8) is 0 Å². The van der Waals surface area contributed by atoms with E-state index in [1.807, 2.05) is 0 Å². The Kier molecular flexibility index (Phi) is 5.94. The summed E-state index contributed by atoms with van der Waals surface area (Å²) in [6, 6.07) is 39.0.